The van der Waals surface area contributed by atoms with Gasteiger partial charge in [0, 0.05) is 26.8 Å². The fourth-order valence-electron chi connectivity index (χ4n) is 2.52. The average molecular weight is 199 g/mol. The summed E-state index contributed by atoms with van der Waals surface area (Å²) in [5.74, 6) is 0. The van der Waals surface area contributed by atoms with E-state index in [9.17, 15) is 0 Å². The van der Waals surface area contributed by atoms with Crippen LogP contribution in [0.25, 0.3) is 0 Å². The van der Waals surface area contributed by atoms with Crippen LogP contribution in [0, 0.1) is 0 Å². The summed E-state index contributed by atoms with van der Waals surface area (Å²) in [6, 6.07) is 0.762. The number of rotatable bonds is 3. The molecule has 0 radical (unpaired) electrons. The number of piperidine rings is 1. The number of likely N-dealkylation sites (tertiary alicyclic amines) is 1. The van der Waals surface area contributed by atoms with Crippen LogP contribution in [0.2, 0.25) is 0 Å². The lowest BCUT2D eigenvalue weighted by Crippen LogP contribution is -2.52. The van der Waals surface area contributed by atoms with Crippen molar-refractivity contribution in [3.05, 3.63) is 0 Å². The zero-order valence-electron chi connectivity index (χ0n) is 9.24. The third kappa shape index (κ3) is 2.10. The van der Waals surface area contributed by atoms with Gasteiger partial charge in [0.1, 0.15) is 0 Å². The molecule has 2 fully saturated rings. The Morgan fingerprint density at radius 3 is 2.43 bits per heavy atom. The Labute approximate surface area is 86.4 Å². The van der Waals surface area contributed by atoms with Gasteiger partial charge < -0.3 is 9.47 Å². The molecule has 0 amide bonds. The third-order valence-electron chi connectivity index (χ3n) is 3.66. The summed E-state index contributed by atoms with van der Waals surface area (Å²) in [5, 5.41) is 0. The minimum atomic E-state index is 0.463. The second-order valence-corrected chi connectivity index (χ2v) is 4.48. The van der Waals surface area contributed by atoms with Crippen molar-refractivity contribution in [1.82, 2.24) is 4.90 Å². The molecule has 1 saturated carbocycles. The molecule has 1 heterocycles. The summed E-state index contributed by atoms with van der Waals surface area (Å²) in [4.78, 5) is 2.58. The first-order valence-electron chi connectivity index (χ1n) is 5.63. The van der Waals surface area contributed by atoms with Gasteiger partial charge in [-0.05, 0) is 32.2 Å². The highest BCUT2D eigenvalue weighted by Crippen LogP contribution is 2.30. The molecule has 1 saturated heterocycles. The number of hydrogen-bond donors (Lipinski definition) is 0. The summed E-state index contributed by atoms with van der Waals surface area (Å²) < 4.78 is 10.7. The molecule has 1 atom stereocenters. The van der Waals surface area contributed by atoms with E-state index in [0.29, 0.717) is 12.2 Å². The number of methoxy groups -OCH3 is 2. The lowest BCUT2D eigenvalue weighted by atomic mass is 9.86. The molecule has 0 bridgehead atoms. The Kier molecular flexibility index (Phi) is 3.42. The molecule has 1 aliphatic carbocycles. The van der Waals surface area contributed by atoms with Crippen molar-refractivity contribution in [3.63, 3.8) is 0 Å². The van der Waals surface area contributed by atoms with Crippen molar-refractivity contribution >= 4 is 0 Å². The first kappa shape index (κ1) is 10.4. The predicted octanol–water partition coefficient (Wildman–Crippen LogP) is 1.27. The van der Waals surface area contributed by atoms with E-state index in [1.54, 1.807) is 0 Å². The van der Waals surface area contributed by atoms with Crippen LogP contribution in [-0.2, 0) is 9.47 Å². The van der Waals surface area contributed by atoms with Crippen molar-refractivity contribution in [3.8, 4) is 0 Å². The van der Waals surface area contributed by atoms with Crippen LogP contribution in [-0.4, -0.2) is 50.5 Å². The maximum atomic E-state index is 5.42. The highest BCUT2D eigenvalue weighted by Gasteiger charge is 2.35. The van der Waals surface area contributed by atoms with Crippen LogP contribution in [0.1, 0.15) is 25.7 Å². The van der Waals surface area contributed by atoms with Crippen LogP contribution in [0.3, 0.4) is 0 Å². The van der Waals surface area contributed by atoms with Gasteiger partial charge in [-0.1, -0.05) is 0 Å². The van der Waals surface area contributed by atoms with Crippen LogP contribution < -0.4 is 0 Å². The maximum Gasteiger partial charge on any atom is 0.0698 e. The van der Waals surface area contributed by atoms with Crippen molar-refractivity contribution < 1.29 is 9.47 Å². The normalized spacial score (nSPS) is 39.4. The Morgan fingerprint density at radius 1 is 1.07 bits per heavy atom. The van der Waals surface area contributed by atoms with Gasteiger partial charge in [0.2, 0.25) is 0 Å². The molecule has 3 heteroatoms. The molecule has 0 aromatic carbocycles. The maximum absolute atomic E-state index is 5.42. The predicted molar refractivity (Wildman–Crippen MR) is 55.4 cm³/mol. The average Bonchev–Trinajstić information content (AvgIpc) is 2.17. The van der Waals surface area contributed by atoms with Gasteiger partial charge in [0.15, 0.2) is 0 Å². The molecule has 82 valence electrons. The van der Waals surface area contributed by atoms with Gasteiger partial charge >= 0.3 is 0 Å². The van der Waals surface area contributed by atoms with Gasteiger partial charge in [-0.15, -0.1) is 0 Å². The van der Waals surface area contributed by atoms with E-state index in [-0.39, 0.29) is 0 Å². The van der Waals surface area contributed by atoms with Crippen LogP contribution in [0.4, 0.5) is 0 Å². The molecule has 2 aliphatic rings. The Bertz CT molecular complexity index is 180. The lowest BCUT2D eigenvalue weighted by Gasteiger charge is -2.45. The fourth-order valence-corrected chi connectivity index (χ4v) is 2.52. The van der Waals surface area contributed by atoms with E-state index in [2.05, 4.69) is 4.90 Å². The van der Waals surface area contributed by atoms with E-state index < -0.39 is 0 Å². The van der Waals surface area contributed by atoms with Crippen molar-refractivity contribution in [1.29, 1.82) is 0 Å². The number of ether oxygens (including phenoxy) is 2. The van der Waals surface area contributed by atoms with E-state index >= 15 is 0 Å². The zero-order valence-corrected chi connectivity index (χ0v) is 9.24. The van der Waals surface area contributed by atoms with E-state index in [1.807, 2.05) is 14.2 Å². The summed E-state index contributed by atoms with van der Waals surface area (Å²) in [6.07, 6.45) is 5.92. The molecule has 1 aliphatic heterocycles. The molecule has 0 N–H and O–H groups in total. The SMILES string of the molecule is COC1CC(N2CCC[C@@H](OC)C2)C1. The first-order valence-corrected chi connectivity index (χ1v) is 5.63. The van der Waals surface area contributed by atoms with Gasteiger partial charge in [-0.3, -0.25) is 4.90 Å². The van der Waals surface area contributed by atoms with Crippen molar-refractivity contribution in [2.45, 2.75) is 43.9 Å². The summed E-state index contributed by atoms with van der Waals surface area (Å²) in [6.45, 7) is 2.37. The molecular formula is C11H21NO2. The zero-order chi connectivity index (χ0) is 9.97. The quantitative estimate of drug-likeness (QED) is 0.683. The summed E-state index contributed by atoms with van der Waals surface area (Å²) in [7, 11) is 3.64. The van der Waals surface area contributed by atoms with Crippen LogP contribution in [0.15, 0.2) is 0 Å². The first-order chi connectivity index (χ1) is 6.83. The molecular weight excluding hydrogens is 178 g/mol. The Balaban J connectivity index is 1.75. The molecule has 0 aromatic heterocycles. The molecule has 2 rings (SSSR count). The van der Waals surface area contributed by atoms with E-state index in [4.69, 9.17) is 9.47 Å². The molecule has 0 spiro atoms. The smallest absolute Gasteiger partial charge is 0.0698 e. The molecule has 14 heavy (non-hydrogen) atoms. The lowest BCUT2D eigenvalue weighted by molar-refractivity contribution is -0.0571. The highest BCUT2D eigenvalue weighted by molar-refractivity contribution is 4.90. The van der Waals surface area contributed by atoms with E-state index in [1.165, 1.54) is 32.2 Å². The van der Waals surface area contributed by atoms with Crippen LogP contribution in [0.5, 0.6) is 0 Å². The minimum absolute atomic E-state index is 0.463. The van der Waals surface area contributed by atoms with Gasteiger partial charge in [0.05, 0.1) is 12.2 Å². The minimum Gasteiger partial charge on any atom is -0.381 e. The van der Waals surface area contributed by atoms with E-state index in [0.717, 1.165) is 12.6 Å². The standard InChI is InChI=1S/C11H21NO2/c1-13-10-4-3-5-12(8-10)9-6-11(7-9)14-2/h9-11H,3-8H2,1-2H3/t9?,10-,11?/m1/s1. The topological polar surface area (TPSA) is 21.7 Å². The van der Waals surface area contributed by atoms with Gasteiger partial charge in [-0.2, -0.15) is 0 Å². The monoisotopic (exact) mass is 199 g/mol. The molecule has 3 nitrogen and oxygen atoms in total. The fraction of sp³-hybridized carbons (Fsp3) is 1.00. The largest absolute Gasteiger partial charge is 0.381 e. The molecule has 0 unspecified atom stereocenters. The van der Waals surface area contributed by atoms with Crippen molar-refractivity contribution in [2.24, 2.45) is 0 Å². The number of hydrogen-bond acceptors (Lipinski definition) is 3. The molecule has 0 aromatic rings. The second-order valence-electron chi connectivity index (χ2n) is 4.48. The summed E-state index contributed by atoms with van der Waals surface area (Å²) >= 11 is 0. The Morgan fingerprint density at radius 2 is 1.79 bits per heavy atom. The highest BCUT2D eigenvalue weighted by atomic mass is 16.5. The second kappa shape index (κ2) is 4.60. The summed E-state index contributed by atoms with van der Waals surface area (Å²) in [5.41, 5.74) is 0. The van der Waals surface area contributed by atoms with Crippen LogP contribution >= 0.6 is 0 Å². The number of nitrogens with zero attached hydrogens (tertiary/aromatic N) is 1. The third-order valence-corrected chi connectivity index (χ3v) is 3.66. The van der Waals surface area contributed by atoms with Gasteiger partial charge in [0.25, 0.3) is 0 Å². The van der Waals surface area contributed by atoms with Crippen molar-refractivity contribution in [2.75, 3.05) is 27.3 Å². The Hall–Kier alpha value is -0.120. The van der Waals surface area contributed by atoms with Gasteiger partial charge in [-0.25, -0.2) is 0 Å².